The zero-order valence-electron chi connectivity index (χ0n) is 15.1. The third-order valence-corrected chi connectivity index (χ3v) is 6.89. The number of alkyl halides is 3. The van der Waals surface area contributed by atoms with Crippen molar-refractivity contribution in [2.75, 3.05) is 11.9 Å². The summed E-state index contributed by atoms with van der Waals surface area (Å²) in [5, 5.41) is 2.84. The van der Waals surface area contributed by atoms with Crippen LogP contribution in [0.25, 0.3) is 0 Å². The molecule has 28 heavy (non-hydrogen) atoms. The molecule has 0 aromatic heterocycles. The van der Waals surface area contributed by atoms with Crippen LogP contribution < -0.4 is 9.67 Å². The van der Waals surface area contributed by atoms with Gasteiger partial charge in [-0.3, -0.25) is 0 Å². The molecule has 0 fully saturated rings. The second-order valence-electron chi connectivity index (χ2n) is 6.61. The van der Waals surface area contributed by atoms with Crippen molar-refractivity contribution in [1.29, 1.82) is 0 Å². The number of nitrogens with zero attached hydrogens (tertiary/aromatic N) is 1. The number of fused-ring (bicyclic) bond motifs is 1. The number of hydrogen-bond donors (Lipinski definition) is 1. The number of benzene rings is 2. The molecule has 1 N–H and O–H groups in total. The summed E-state index contributed by atoms with van der Waals surface area (Å²) in [6, 6.07) is 14.6. The van der Waals surface area contributed by atoms with E-state index in [0.29, 0.717) is 18.8 Å². The Labute approximate surface area is 167 Å². The molecule has 1 unspecified atom stereocenters. The van der Waals surface area contributed by atoms with Gasteiger partial charge in [0.2, 0.25) is 0 Å². The number of hydrogen-bond acceptors (Lipinski definition) is 2. The number of carbonyl (C=O) groups excluding carboxylic acids is 2. The molecule has 148 valence electrons. The molecular weight excluding hydrogens is 432 g/mol. The molecule has 8 heteroatoms. The van der Waals surface area contributed by atoms with Crippen molar-refractivity contribution in [3.8, 4) is 0 Å². The SMILES string of the molecule is O=C(CCC(F)(F)F)[AsH]c1ccc(NC(=O)N2CCc3ccccc3C2)cc1. The molecule has 3 rings (SSSR count). The van der Waals surface area contributed by atoms with Crippen molar-refractivity contribution in [3.05, 3.63) is 59.7 Å². The Kier molecular flexibility index (Phi) is 6.45. The number of urea groups is 1. The Bertz CT molecular complexity index is 853. The topological polar surface area (TPSA) is 49.4 Å². The van der Waals surface area contributed by atoms with Gasteiger partial charge in [0.1, 0.15) is 0 Å². The van der Waals surface area contributed by atoms with Gasteiger partial charge in [-0.2, -0.15) is 0 Å². The predicted molar refractivity (Wildman–Crippen MR) is 103 cm³/mol. The van der Waals surface area contributed by atoms with Crippen LogP contribution in [0.1, 0.15) is 24.0 Å². The number of anilines is 1. The van der Waals surface area contributed by atoms with Crippen LogP contribution in [-0.4, -0.2) is 44.0 Å². The molecule has 0 saturated carbocycles. The number of rotatable bonds is 5. The predicted octanol–water partition coefficient (Wildman–Crippen LogP) is 3.21. The molecule has 2 aromatic carbocycles. The van der Waals surface area contributed by atoms with Crippen molar-refractivity contribution in [2.24, 2.45) is 0 Å². The van der Waals surface area contributed by atoms with Crippen molar-refractivity contribution in [2.45, 2.75) is 32.0 Å². The summed E-state index contributed by atoms with van der Waals surface area (Å²) in [6.45, 7) is 1.20. The zero-order valence-corrected chi connectivity index (χ0v) is 17.2. The minimum atomic E-state index is -4.30. The Morgan fingerprint density at radius 2 is 1.71 bits per heavy atom. The fourth-order valence-electron chi connectivity index (χ4n) is 2.99. The summed E-state index contributed by atoms with van der Waals surface area (Å²) in [5.41, 5.74) is 3.00. The normalized spacial score (nSPS) is 14.2. The van der Waals surface area contributed by atoms with E-state index in [0.717, 1.165) is 16.3 Å². The Morgan fingerprint density at radius 1 is 1.04 bits per heavy atom. The number of nitrogens with one attached hydrogen (secondary N) is 1. The number of amides is 2. The first-order chi connectivity index (χ1) is 13.3. The van der Waals surface area contributed by atoms with Gasteiger partial charge in [0.25, 0.3) is 0 Å². The maximum absolute atomic E-state index is 12.5. The van der Waals surface area contributed by atoms with Crippen LogP contribution in [0.5, 0.6) is 0 Å². The summed E-state index contributed by atoms with van der Waals surface area (Å²) in [7, 11) is 0. The fraction of sp³-hybridized carbons (Fsp3) is 0.300. The molecule has 1 aliphatic heterocycles. The second kappa shape index (κ2) is 8.82. The summed E-state index contributed by atoms with van der Waals surface area (Å²) in [6.07, 6.45) is -5.01. The van der Waals surface area contributed by atoms with Crippen LogP contribution in [0, 0.1) is 0 Å². The van der Waals surface area contributed by atoms with Gasteiger partial charge in [-0.25, -0.2) is 0 Å². The van der Waals surface area contributed by atoms with Gasteiger partial charge in [0, 0.05) is 0 Å². The molecule has 0 aliphatic carbocycles. The van der Waals surface area contributed by atoms with Gasteiger partial charge in [0.15, 0.2) is 0 Å². The van der Waals surface area contributed by atoms with Gasteiger partial charge in [-0.15, -0.1) is 0 Å². The maximum atomic E-state index is 12.5. The van der Waals surface area contributed by atoms with E-state index in [1.807, 2.05) is 18.2 Å². The van der Waals surface area contributed by atoms with E-state index in [1.54, 1.807) is 29.2 Å². The second-order valence-corrected chi connectivity index (χ2v) is 9.52. The summed E-state index contributed by atoms with van der Waals surface area (Å²) < 4.78 is 37.0. The fourth-order valence-corrected chi connectivity index (χ4v) is 4.89. The molecule has 1 atom stereocenters. The Balaban J connectivity index is 1.51. The van der Waals surface area contributed by atoms with Gasteiger partial charge < -0.3 is 0 Å². The summed E-state index contributed by atoms with van der Waals surface area (Å²) in [4.78, 5) is 25.9. The van der Waals surface area contributed by atoms with Crippen LogP contribution in [-0.2, 0) is 17.8 Å². The number of carbonyl (C=O) groups is 2. The standard InChI is InChI=1S/C20H20AsF3N2O2/c22-20(23,24)11-9-18(27)21-16-5-7-17(8-6-16)25-19(28)26-12-10-14-3-1-2-4-15(14)13-26/h1-8,21H,9-13H2,(H,25,28). The molecule has 2 amide bonds. The molecule has 0 radical (unpaired) electrons. The van der Waals surface area contributed by atoms with Crippen LogP contribution in [0.15, 0.2) is 48.5 Å². The monoisotopic (exact) mass is 452 g/mol. The van der Waals surface area contributed by atoms with Crippen LogP contribution in [0.2, 0.25) is 0 Å². The summed E-state index contributed by atoms with van der Waals surface area (Å²) in [5.74, 6) is 0. The molecule has 1 heterocycles. The van der Waals surface area contributed by atoms with Crippen molar-refractivity contribution < 1.29 is 22.8 Å². The first-order valence-electron chi connectivity index (χ1n) is 8.89. The molecule has 0 saturated heterocycles. The molecule has 0 bridgehead atoms. The average Bonchev–Trinajstić information content (AvgIpc) is 2.67. The third kappa shape index (κ3) is 5.86. The first kappa shape index (κ1) is 20.5. The molecule has 1 aliphatic rings. The van der Waals surface area contributed by atoms with E-state index in [2.05, 4.69) is 11.4 Å². The molecule has 2 aromatic rings. The van der Waals surface area contributed by atoms with Gasteiger partial charge >= 0.3 is 168 Å². The van der Waals surface area contributed by atoms with E-state index >= 15 is 0 Å². The van der Waals surface area contributed by atoms with E-state index in [4.69, 9.17) is 0 Å². The van der Waals surface area contributed by atoms with Gasteiger partial charge in [-0.1, -0.05) is 0 Å². The zero-order chi connectivity index (χ0) is 20.1. The number of halogens is 3. The van der Waals surface area contributed by atoms with Gasteiger partial charge in [-0.05, 0) is 0 Å². The average molecular weight is 452 g/mol. The van der Waals surface area contributed by atoms with Gasteiger partial charge in [0.05, 0.1) is 0 Å². The Morgan fingerprint density at radius 3 is 2.39 bits per heavy atom. The molecule has 0 spiro atoms. The van der Waals surface area contributed by atoms with Crippen LogP contribution in [0.3, 0.4) is 0 Å². The first-order valence-corrected chi connectivity index (χ1v) is 11.0. The van der Waals surface area contributed by atoms with Crippen LogP contribution in [0.4, 0.5) is 23.7 Å². The van der Waals surface area contributed by atoms with Crippen molar-refractivity contribution >= 4 is 36.4 Å². The van der Waals surface area contributed by atoms with E-state index < -0.39 is 34.8 Å². The van der Waals surface area contributed by atoms with Crippen LogP contribution >= 0.6 is 0 Å². The minimum absolute atomic E-state index is 0.195. The Hall–Kier alpha value is -2.27. The third-order valence-electron chi connectivity index (χ3n) is 4.47. The van der Waals surface area contributed by atoms with E-state index in [1.165, 1.54) is 5.56 Å². The van der Waals surface area contributed by atoms with E-state index in [9.17, 15) is 22.8 Å². The van der Waals surface area contributed by atoms with E-state index in [-0.39, 0.29) is 10.6 Å². The molecule has 4 nitrogen and oxygen atoms in total. The summed E-state index contributed by atoms with van der Waals surface area (Å²) >= 11 is -1.28. The molecular formula is C20H20AsF3N2O2. The van der Waals surface area contributed by atoms with Crippen molar-refractivity contribution in [3.63, 3.8) is 0 Å². The quantitative estimate of drug-likeness (QED) is 0.709. The van der Waals surface area contributed by atoms with Crippen molar-refractivity contribution in [1.82, 2.24) is 4.90 Å².